The molecule has 1 fully saturated rings. The number of aromatic nitrogens is 3. The Kier molecular flexibility index (Phi) is 5.40. The fourth-order valence-electron chi connectivity index (χ4n) is 2.42. The standard InChI is InChI=1S/C16H17F3N4O2S/c17-16(18,19)25-12-5-1-10(2-6-12)9-26-15-22-21-14(11-3-4-11)23(15)8-7-13(20)24/h1-2,5-6,11H,3-4,7-9H2,(H2,20,24). The predicted molar refractivity (Wildman–Crippen MR) is 88.5 cm³/mol. The number of primary amides is 1. The monoisotopic (exact) mass is 386 g/mol. The van der Waals surface area contributed by atoms with E-state index in [1.807, 2.05) is 4.57 Å². The Labute approximate surface area is 151 Å². The minimum absolute atomic E-state index is 0.203. The van der Waals surface area contributed by atoms with Crippen LogP contribution in [0.4, 0.5) is 13.2 Å². The van der Waals surface area contributed by atoms with Gasteiger partial charge in [0.05, 0.1) is 0 Å². The zero-order chi connectivity index (χ0) is 18.7. The van der Waals surface area contributed by atoms with Crippen LogP contribution in [-0.2, 0) is 17.1 Å². The summed E-state index contributed by atoms with van der Waals surface area (Å²) in [7, 11) is 0. The predicted octanol–water partition coefficient (Wildman–Crippen LogP) is 3.22. The number of benzene rings is 1. The van der Waals surface area contributed by atoms with Gasteiger partial charge in [-0.3, -0.25) is 4.79 Å². The average molecular weight is 386 g/mol. The second kappa shape index (κ2) is 7.56. The summed E-state index contributed by atoms with van der Waals surface area (Å²) in [6.45, 7) is 0.425. The first kappa shape index (κ1) is 18.6. The maximum Gasteiger partial charge on any atom is 0.573 e. The SMILES string of the molecule is NC(=O)CCn1c(SCc2ccc(OC(F)(F)F)cc2)nnc1C1CC1. The molecule has 0 atom stereocenters. The van der Waals surface area contributed by atoms with Gasteiger partial charge in [0.25, 0.3) is 0 Å². The van der Waals surface area contributed by atoms with Crippen molar-refractivity contribution in [3.05, 3.63) is 35.7 Å². The molecule has 2 aromatic rings. The molecule has 0 spiro atoms. The molecule has 1 heterocycles. The first-order valence-corrected chi connectivity index (χ1v) is 8.99. The molecule has 0 radical (unpaired) electrons. The summed E-state index contributed by atoms with van der Waals surface area (Å²) in [5.74, 6) is 1.10. The molecular weight excluding hydrogens is 369 g/mol. The zero-order valence-corrected chi connectivity index (χ0v) is 14.5. The van der Waals surface area contributed by atoms with Crippen LogP contribution < -0.4 is 10.5 Å². The lowest BCUT2D eigenvalue weighted by Gasteiger charge is -2.10. The fraction of sp³-hybridized carbons (Fsp3) is 0.438. The molecule has 0 saturated heterocycles. The third kappa shape index (κ3) is 5.13. The zero-order valence-electron chi connectivity index (χ0n) is 13.7. The van der Waals surface area contributed by atoms with E-state index in [-0.39, 0.29) is 12.2 Å². The quantitative estimate of drug-likeness (QED) is 0.705. The summed E-state index contributed by atoms with van der Waals surface area (Å²) in [6.07, 6.45) is -2.39. The molecular formula is C16H17F3N4O2S. The van der Waals surface area contributed by atoms with Gasteiger partial charge in [0.15, 0.2) is 5.16 Å². The number of ether oxygens (including phenoxy) is 1. The van der Waals surface area contributed by atoms with Crippen molar-refractivity contribution in [1.29, 1.82) is 0 Å². The molecule has 1 aromatic carbocycles. The maximum absolute atomic E-state index is 12.2. The van der Waals surface area contributed by atoms with E-state index in [9.17, 15) is 18.0 Å². The van der Waals surface area contributed by atoms with Crippen molar-refractivity contribution in [3.8, 4) is 5.75 Å². The van der Waals surface area contributed by atoms with Crippen molar-refractivity contribution >= 4 is 17.7 Å². The first-order valence-electron chi connectivity index (χ1n) is 8.01. The van der Waals surface area contributed by atoms with Crippen molar-refractivity contribution < 1.29 is 22.7 Å². The lowest BCUT2D eigenvalue weighted by Crippen LogP contribution is -2.17. The number of hydrogen-bond donors (Lipinski definition) is 1. The lowest BCUT2D eigenvalue weighted by atomic mass is 10.2. The van der Waals surface area contributed by atoms with Crippen LogP contribution in [0.25, 0.3) is 0 Å². The molecule has 26 heavy (non-hydrogen) atoms. The Bertz CT molecular complexity index is 773. The van der Waals surface area contributed by atoms with Crippen molar-refractivity contribution in [2.45, 2.75) is 49.0 Å². The Morgan fingerprint density at radius 1 is 1.27 bits per heavy atom. The molecule has 1 aliphatic rings. The smallest absolute Gasteiger partial charge is 0.406 e. The highest BCUT2D eigenvalue weighted by Crippen LogP contribution is 2.40. The number of carbonyl (C=O) groups excluding carboxylic acids is 1. The topological polar surface area (TPSA) is 83.0 Å². The van der Waals surface area contributed by atoms with E-state index in [2.05, 4.69) is 14.9 Å². The number of rotatable bonds is 8. The van der Waals surface area contributed by atoms with Crippen molar-refractivity contribution in [2.75, 3.05) is 0 Å². The van der Waals surface area contributed by atoms with Crippen LogP contribution in [0.1, 0.15) is 36.6 Å². The molecule has 1 amide bonds. The van der Waals surface area contributed by atoms with Crippen LogP contribution in [0.3, 0.4) is 0 Å². The summed E-state index contributed by atoms with van der Waals surface area (Å²) in [5, 5.41) is 9.07. The number of alkyl halides is 3. The highest BCUT2D eigenvalue weighted by atomic mass is 32.2. The highest BCUT2D eigenvalue weighted by molar-refractivity contribution is 7.98. The maximum atomic E-state index is 12.2. The van der Waals surface area contributed by atoms with E-state index in [1.54, 1.807) is 12.1 Å². The minimum atomic E-state index is -4.70. The van der Waals surface area contributed by atoms with Gasteiger partial charge in [-0.15, -0.1) is 23.4 Å². The molecule has 3 rings (SSSR count). The number of amides is 1. The minimum Gasteiger partial charge on any atom is -0.406 e. The van der Waals surface area contributed by atoms with E-state index in [1.165, 1.54) is 23.9 Å². The normalized spacial score (nSPS) is 14.4. The Hall–Kier alpha value is -2.23. The molecule has 2 N–H and O–H groups in total. The highest BCUT2D eigenvalue weighted by Gasteiger charge is 2.31. The van der Waals surface area contributed by atoms with Crippen LogP contribution in [0.5, 0.6) is 5.75 Å². The van der Waals surface area contributed by atoms with Crippen molar-refractivity contribution in [2.24, 2.45) is 5.73 Å². The number of nitrogens with two attached hydrogens (primary N) is 1. The number of nitrogens with zero attached hydrogens (tertiary/aromatic N) is 3. The summed E-state index contributed by atoms with van der Waals surface area (Å²) in [5.41, 5.74) is 6.05. The third-order valence-electron chi connectivity index (χ3n) is 3.79. The first-order chi connectivity index (χ1) is 12.3. The van der Waals surface area contributed by atoms with Crippen molar-refractivity contribution in [3.63, 3.8) is 0 Å². The number of thioether (sulfide) groups is 1. The lowest BCUT2D eigenvalue weighted by molar-refractivity contribution is -0.274. The van der Waals surface area contributed by atoms with E-state index >= 15 is 0 Å². The van der Waals surface area contributed by atoms with E-state index in [0.717, 1.165) is 24.2 Å². The molecule has 6 nitrogen and oxygen atoms in total. The Morgan fingerprint density at radius 3 is 2.54 bits per heavy atom. The van der Waals surface area contributed by atoms with Gasteiger partial charge in [0.2, 0.25) is 5.91 Å². The van der Waals surface area contributed by atoms with Crippen LogP contribution in [-0.4, -0.2) is 27.0 Å². The van der Waals surface area contributed by atoms with Crippen LogP contribution in [0.15, 0.2) is 29.4 Å². The Balaban J connectivity index is 1.64. The molecule has 1 aromatic heterocycles. The molecule has 1 aliphatic carbocycles. The molecule has 10 heteroatoms. The van der Waals surface area contributed by atoms with Crippen LogP contribution in [0, 0.1) is 0 Å². The summed E-state index contributed by atoms with van der Waals surface area (Å²) >= 11 is 1.41. The van der Waals surface area contributed by atoms with Gasteiger partial charge in [0, 0.05) is 24.6 Å². The molecule has 0 aliphatic heterocycles. The molecule has 0 unspecified atom stereocenters. The number of halogens is 3. The second-order valence-electron chi connectivity index (χ2n) is 5.96. The molecule has 1 saturated carbocycles. The van der Waals surface area contributed by atoms with E-state index < -0.39 is 12.3 Å². The van der Waals surface area contributed by atoms with E-state index in [4.69, 9.17) is 5.73 Å². The summed E-state index contributed by atoms with van der Waals surface area (Å²) in [6, 6.07) is 5.69. The van der Waals surface area contributed by atoms with Gasteiger partial charge < -0.3 is 15.0 Å². The van der Waals surface area contributed by atoms with Gasteiger partial charge in [0.1, 0.15) is 11.6 Å². The van der Waals surface area contributed by atoms with Gasteiger partial charge in [-0.05, 0) is 30.5 Å². The van der Waals surface area contributed by atoms with Crippen molar-refractivity contribution in [1.82, 2.24) is 14.8 Å². The number of hydrogen-bond acceptors (Lipinski definition) is 5. The van der Waals surface area contributed by atoms with Crippen LogP contribution >= 0.6 is 11.8 Å². The van der Waals surface area contributed by atoms with Gasteiger partial charge in [-0.1, -0.05) is 23.9 Å². The van der Waals surface area contributed by atoms with Crippen LogP contribution in [0.2, 0.25) is 0 Å². The van der Waals surface area contributed by atoms with Gasteiger partial charge >= 0.3 is 6.36 Å². The summed E-state index contributed by atoms with van der Waals surface area (Å²) in [4.78, 5) is 11.1. The molecule has 0 bridgehead atoms. The Morgan fingerprint density at radius 2 is 1.96 bits per heavy atom. The van der Waals surface area contributed by atoms with E-state index in [0.29, 0.717) is 23.4 Å². The fourth-order valence-corrected chi connectivity index (χ4v) is 3.35. The average Bonchev–Trinajstić information content (AvgIpc) is 3.32. The van der Waals surface area contributed by atoms with Gasteiger partial charge in [-0.25, -0.2) is 0 Å². The molecule has 140 valence electrons. The third-order valence-corrected chi connectivity index (χ3v) is 4.83. The second-order valence-corrected chi connectivity index (χ2v) is 6.91. The van der Waals surface area contributed by atoms with Gasteiger partial charge in [-0.2, -0.15) is 0 Å². The largest absolute Gasteiger partial charge is 0.573 e. The number of carbonyl (C=O) groups is 1. The summed E-state index contributed by atoms with van der Waals surface area (Å²) < 4.78 is 42.3.